The lowest BCUT2D eigenvalue weighted by molar-refractivity contribution is -0.0498. The number of benzene rings is 2. The smallest absolute Gasteiger partial charge is 0.387 e. The zero-order valence-electron chi connectivity index (χ0n) is 15.4. The quantitative estimate of drug-likeness (QED) is 0.505. The summed E-state index contributed by atoms with van der Waals surface area (Å²) >= 11 is 0. The highest BCUT2D eigenvalue weighted by molar-refractivity contribution is 5.96. The highest BCUT2D eigenvalue weighted by Crippen LogP contribution is 2.20. The molecule has 0 fully saturated rings. The van der Waals surface area contributed by atoms with Crippen molar-refractivity contribution >= 4 is 12.1 Å². The number of halogens is 2. The minimum absolute atomic E-state index is 0.0598. The summed E-state index contributed by atoms with van der Waals surface area (Å²) in [6.07, 6.45) is 1.43. The number of para-hydroxylation sites is 1. The van der Waals surface area contributed by atoms with Crippen molar-refractivity contribution in [3.05, 3.63) is 83.2 Å². The maximum Gasteiger partial charge on any atom is 0.387 e. The molecular formula is C21H19F2N3O2. The van der Waals surface area contributed by atoms with Crippen molar-refractivity contribution in [3.8, 4) is 11.4 Å². The first kappa shape index (κ1) is 19.3. The van der Waals surface area contributed by atoms with Crippen LogP contribution in [0.3, 0.4) is 0 Å². The Balaban J connectivity index is 1.69. The van der Waals surface area contributed by atoms with Crippen molar-refractivity contribution in [2.75, 3.05) is 0 Å². The Morgan fingerprint density at radius 1 is 1.11 bits per heavy atom. The molecule has 3 aromatic rings. The van der Waals surface area contributed by atoms with Crippen LogP contribution < -0.4 is 10.2 Å². The fraction of sp³-hybridized carbons (Fsp3) is 0.143. The molecule has 3 rings (SSSR count). The third-order valence-corrected chi connectivity index (χ3v) is 4.18. The first-order valence-electron chi connectivity index (χ1n) is 8.58. The number of nitrogens with zero attached hydrogens (tertiary/aromatic N) is 2. The Kier molecular flexibility index (Phi) is 5.84. The SMILES string of the molecule is Cc1cc(C(=O)N/N=C\c2ccc(OC(F)F)cc2)c(C)n1-c1ccccc1. The number of carbonyl (C=O) groups excluding carboxylic acids is 1. The molecular weight excluding hydrogens is 364 g/mol. The van der Waals surface area contributed by atoms with Crippen molar-refractivity contribution in [1.82, 2.24) is 9.99 Å². The standard InChI is InChI=1S/C21H19F2N3O2/c1-14-12-19(15(2)26(14)17-6-4-3-5-7-17)20(27)25-24-13-16-8-10-18(11-9-16)28-21(22)23/h3-13,21H,1-2H3,(H,25,27)/b24-13-. The van der Waals surface area contributed by atoms with E-state index in [1.165, 1.54) is 18.3 Å². The molecule has 1 N–H and O–H groups in total. The lowest BCUT2D eigenvalue weighted by atomic mass is 10.2. The molecule has 0 saturated carbocycles. The van der Waals surface area contributed by atoms with Gasteiger partial charge >= 0.3 is 6.61 Å². The van der Waals surface area contributed by atoms with E-state index in [9.17, 15) is 13.6 Å². The summed E-state index contributed by atoms with van der Waals surface area (Å²) in [7, 11) is 0. The maximum atomic E-state index is 12.5. The highest BCUT2D eigenvalue weighted by atomic mass is 19.3. The summed E-state index contributed by atoms with van der Waals surface area (Å²) < 4.78 is 30.6. The third kappa shape index (κ3) is 4.43. The predicted molar refractivity (Wildman–Crippen MR) is 103 cm³/mol. The number of alkyl halides is 2. The monoisotopic (exact) mass is 383 g/mol. The molecule has 0 atom stereocenters. The number of carbonyl (C=O) groups is 1. The number of aromatic nitrogens is 1. The molecule has 0 aliphatic heterocycles. The van der Waals surface area contributed by atoms with Gasteiger partial charge in [0.2, 0.25) is 0 Å². The number of rotatable bonds is 6. The van der Waals surface area contributed by atoms with Crippen LogP contribution in [0.2, 0.25) is 0 Å². The summed E-state index contributed by atoms with van der Waals surface area (Å²) in [5.74, 6) is -0.270. The minimum atomic E-state index is -2.87. The minimum Gasteiger partial charge on any atom is -0.435 e. The topological polar surface area (TPSA) is 55.6 Å². The van der Waals surface area contributed by atoms with Crippen LogP contribution in [0.1, 0.15) is 27.3 Å². The van der Waals surface area contributed by atoms with Crippen molar-refractivity contribution in [3.63, 3.8) is 0 Å². The van der Waals surface area contributed by atoms with Gasteiger partial charge in [0.05, 0.1) is 11.8 Å². The predicted octanol–water partition coefficient (Wildman–Crippen LogP) is 4.46. The van der Waals surface area contributed by atoms with Gasteiger partial charge in [0, 0.05) is 17.1 Å². The van der Waals surface area contributed by atoms with Gasteiger partial charge in [-0.25, -0.2) is 5.43 Å². The number of amides is 1. The van der Waals surface area contributed by atoms with Crippen molar-refractivity contribution < 1.29 is 18.3 Å². The molecule has 2 aromatic carbocycles. The molecule has 0 bridgehead atoms. The molecule has 0 aliphatic carbocycles. The molecule has 28 heavy (non-hydrogen) atoms. The molecule has 0 saturated heterocycles. The van der Waals surface area contributed by atoms with E-state index in [1.54, 1.807) is 12.1 Å². The molecule has 1 aromatic heterocycles. The van der Waals surface area contributed by atoms with Crippen LogP contribution in [0.5, 0.6) is 5.75 Å². The highest BCUT2D eigenvalue weighted by Gasteiger charge is 2.16. The van der Waals surface area contributed by atoms with Crippen LogP contribution in [0, 0.1) is 13.8 Å². The number of nitrogens with one attached hydrogen (secondary N) is 1. The average molecular weight is 383 g/mol. The first-order chi connectivity index (χ1) is 13.5. The lowest BCUT2D eigenvalue weighted by Crippen LogP contribution is -2.18. The van der Waals surface area contributed by atoms with Gasteiger partial charge in [-0.05, 0) is 61.9 Å². The molecule has 1 heterocycles. The average Bonchev–Trinajstić information content (AvgIpc) is 2.97. The maximum absolute atomic E-state index is 12.5. The molecule has 1 amide bonds. The van der Waals surface area contributed by atoms with Gasteiger partial charge in [-0.1, -0.05) is 18.2 Å². The molecule has 5 nitrogen and oxygen atoms in total. The van der Waals surface area contributed by atoms with Crippen LogP contribution in [0.25, 0.3) is 5.69 Å². The normalized spacial score (nSPS) is 11.2. The van der Waals surface area contributed by atoms with E-state index >= 15 is 0 Å². The van der Waals surface area contributed by atoms with Gasteiger partial charge in [-0.15, -0.1) is 0 Å². The van der Waals surface area contributed by atoms with Gasteiger partial charge < -0.3 is 9.30 Å². The molecule has 0 aliphatic rings. The Bertz CT molecular complexity index is 981. The zero-order valence-corrected chi connectivity index (χ0v) is 15.4. The Morgan fingerprint density at radius 2 is 1.79 bits per heavy atom. The van der Waals surface area contributed by atoms with Gasteiger partial charge in [0.1, 0.15) is 5.75 Å². The second-order valence-electron chi connectivity index (χ2n) is 6.10. The van der Waals surface area contributed by atoms with Gasteiger partial charge in [-0.2, -0.15) is 13.9 Å². The zero-order chi connectivity index (χ0) is 20.1. The second kappa shape index (κ2) is 8.47. The van der Waals surface area contributed by atoms with Crippen LogP contribution in [-0.4, -0.2) is 23.3 Å². The van der Waals surface area contributed by atoms with E-state index < -0.39 is 6.61 Å². The molecule has 0 unspecified atom stereocenters. The van der Waals surface area contributed by atoms with Crippen LogP contribution in [0.4, 0.5) is 8.78 Å². The van der Waals surface area contributed by atoms with Crippen molar-refractivity contribution in [1.29, 1.82) is 0 Å². The second-order valence-corrected chi connectivity index (χ2v) is 6.10. The van der Waals surface area contributed by atoms with E-state index in [4.69, 9.17) is 0 Å². The number of ether oxygens (including phenoxy) is 1. The van der Waals surface area contributed by atoms with E-state index in [1.807, 2.05) is 54.8 Å². The fourth-order valence-electron chi connectivity index (χ4n) is 2.93. The van der Waals surface area contributed by atoms with Crippen LogP contribution in [-0.2, 0) is 0 Å². The van der Waals surface area contributed by atoms with Crippen LogP contribution in [0.15, 0.2) is 65.8 Å². The van der Waals surface area contributed by atoms with Crippen molar-refractivity contribution in [2.24, 2.45) is 5.10 Å². The number of hydrogen-bond donors (Lipinski definition) is 1. The fourth-order valence-corrected chi connectivity index (χ4v) is 2.93. The van der Waals surface area contributed by atoms with E-state index in [2.05, 4.69) is 15.3 Å². The Morgan fingerprint density at radius 3 is 2.43 bits per heavy atom. The number of hydrogen-bond acceptors (Lipinski definition) is 3. The van der Waals surface area contributed by atoms with Gasteiger partial charge in [0.25, 0.3) is 5.91 Å². The third-order valence-electron chi connectivity index (χ3n) is 4.18. The van der Waals surface area contributed by atoms with E-state index in [-0.39, 0.29) is 11.7 Å². The Labute approximate surface area is 161 Å². The van der Waals surface area contributed by atoms with Gasteiger partial charge in [-0.3, -0.25) is 4.79 Å². The number of aryl methyl sites for hydroxylation is 1. The van der Waals surface area contributed by atoms with E-state index in [0.717, 1.165) is 17.1 Å². The number of hydrazone groups is 1. The van der Waals surface area contributed by atoms with Crippen molar-refractivity contribution in [2.45, 2.75) is 20.5 Å². The van der Waals surface area contributed by atoms with E-state index in [0.29, 0.717) is 11.1 Å². The van der Waals surface area contributed by atoms with Gasteiger partial charge in [0.15, 0.2) is 0 Å². The summed E-state index contributed by atoms with van der Waals surface area (Å²) in [5.41, 5.74) is 6.38. The Hall–Kier alpha value is -3.48. The molecule has 0 spiro atoms. The first-order valence-corrected chi connectivity index (χ1v) is 8.58. The molecule has 0 radical (unpaired) electrons. The molecule has 144 valence electrons. The summed E-state index contributed by atoms with van der Waals surface area (Å²) in [5, 5.41) is 3.94. The van der Waals surface area contributed by atoms with Crippen LogP contribution >= 0.6 is 0 Å². The summed E-state index contributed by atoms with van der Waals surface area (Å²) in [6.45, 7) is 0.942. The lowest BCUT2D eigenvalue weighted by Gasteiger charge is -2.09. The molecule has 7 heteroatoms. The summed E-state index contributed by atoms with van der Waals surface area (Å²) in [6, 6.07) is 17.5. The summed E-state index contributed by atoms with van der Waals surface area (Å²) in [4.78, 5) is 12.5. The largest absolute Gasteiger partial charge is 0.435 e.